The standard InChI is InChI=1S/C25H24F2N4O3/c1-15(32)29-23-11-16(7-10-28-23)14-34-18-4-6-21(20(27)13-18)30-24(33)31-22-12-17(3-5-19(22)26)25(2)8-9-25/h3-7,10-13H,8-9,14H2,1-2H3,(H,28,29,32)(H2,30,31,33). The van der Waals surface area contributed by atoms with Gasteiger partial charge in [-0.15, -0.1) is 0 Å². The van der Waals surface area contributed by atoms with Gasteiger partial charge in [0.05, 0.1) is 11.4 Å². The van der Waals surface area contributed by atoms with Crippen LogP contribution in [0.2, 0.25) is 0 Å². The molecule has 3 amide bonds. The van der Waals surface area contributed by atoms with Crippen molar-refractivity contribution in [2.75, 3.05) is 16.0 Å². The van der Waals surface area contributed by atoms with Gasteiger partial charge in [-0.3, -0.25) is 4.79 Å². The van der Waals surface area contributed by atoms with Crippen molar-refractivity contribution in [2.45, 2.75) is 38.7 Å². The first-order valence-electron chi connectivity index (χ1n) is 10.7. The van der Waals surface area contributed by atoms with Crippen molar-refractivity contribution in [3.63, 3.8) is 0 Å². The van der Waals surface area contributed by atoms with E-state index < -0.39 is 17.7 Å². The lowest BCUT2D eigenvalue weighted by Crippen LogP contribution is -2.21. The molecule has 1 aromatic heterocycles. The third-order valence-corrected chi connectivity index (χ3v) is 5.63. The highest BCUT2D eigenvalue weighted by Gasteiger charge is 2.39. The predicted molar refractivity (Wildman–Crippen MR) is 125 cm³/mol. The topological polar surface area (TPSA) is 92.4 Å². The summed E-state index contributed by atoms with van der Waals surface area (Å²) >= 11 is 0. The Bertz CT molecular complexity index is 1240. The number of carbonyl (C=O) groups is 2. The van der Waals surface area contributed by atoms with E-state index >= 15 is 0 Å². The third kappa shape index (κ3) is 5.67. The fourth-order valence-electron chi connectivity index (χ4n) is 3.41. The molecule has 0 radical (unpaired) electrons. The molecule has 1 aliphatic carbocycles. The van der Waals surface area contributed by atoms with Gasteiger partial charge < -0.3 is 20.7 Å². The molecule has 7 nitrogen and oxygen atoms in total. The van der Waals surface area contributed by atoms with Gasteiger partial charge >= 0.3 is 6.03 Å². The van der Waals surface area contributed by atoms with E-state index in [9.17, 15) is 18.4 Å². The Balaban J connectivity index is 1.36. The number of benzene rings is 2. The minimum atomic E-state index is -0.758. The van der Waals surface area contributed by atoms with Crippen LogP contribution in [0.5, 0.6) is 5.75 Å². The summed E-state index contributed by atoms with van der Waals surface area (Å²) in [6, 6.07) is 11.3. The number of carbonyl (C=O) groups excluding carboxylic acids is 2. The molecule has 1 saturated carbocycles. The van der Waals surface area contributed by atoms with Gasteiger partial charge in [-0.1, -0.05) is 13.0 Å². The molecule has 176 valence electrons. The molecule has 2 aromatic carbocycles. The van der Waals surface area contributed by atoms with Gasteiger partial charge in [0.25, 0.3) is 0 Å². The van der Waals surface area contributed by atoms with E-state index in [1.165, 1.54) is 31.3 Å². The minimum Gasteiger partial charge on any atom is -0.489 e. The smallest absolute Gasteiger partial charge is 0.323 e. The summed E-state index contributed by atoms with van der Waals surface area (Å²) in [5, 5.41) is 7.42. The maximum atomic E-state index is 14.5. The van der Waals surface area contributed by atoms with Crippen LogP contribution in [0.4, 0.5) is 30.8 Å². The number of rotatable bonds is 7. The lowest BCUT2D eigenvalue weighted by Gasteiger charge is -2.14. The van der Waals surface area contributed by atoms with Gasteiger partial charge in [-0.2, -0.15) is 0 Å². The number of ether oxygens (including phenoxy) is 1. The highest BCUT2D eigenvalue weighted by Crippen LogP contribution is 2.48. The van der Waals surface area contributed by atoms with Gasteiger partial charge in [0.15, 0.2) is 0 Å². The molecular weight excluding hydrogens is 442 g/mol. The van der Waals surface area contributed by atoms with Crippen LogP contribution in [0.15, 0.2) is 54.7 Å². The molecule has 34 heavy (non-hydrogen) atoms. The van der Waals surface area contributed by atoms with Crippen LogP contribution in [-0.4, -0.2) is 16.9 Å². The molecule has 0 atom stereocenters. The Kier molecular flexibility index (Phi) is 6.45. The van der Waals surface area contributed by atoms with Crippen LogP contribution in [-0.2, 0) is 16.8 Å². The normalized spacial score (nSPS) is 13.6. The summed E-state index contributed by atoms with van der Waals surface area (Å²) < 4.78 is 34.3. The van der Waals surface area contributed by atoms with Crippen LogP contribution in [0.1, 0.15) is 37.8 Å². The number of aromatic nitrogens is 1. The van der Waals surface area contributed by atoms with E-state index in [-0.39, 0.29) is 35.1 Å². The number of amides is 3. The molecule has 3 N–H and O–H groups in total. The first-order chi connectivity index (χ1) is 16.2. The van der Waals surface area contributed by atoms with Crippen molar-refractivity contribution >= 4 is 29.1 Å². The van der Waals surface area contributed by atoms with E-state index in [1.807, 2.05) is 0 Å². The van der Waals surface area contributed by atoms with Crippen molar-refractivity contribution in [1.29, 1.82) is 0 Å². The number of urea groups is 1. The molecule has 0 aliphatic heterocycles. The van der Waals surface area contributed by atoms with Gasteiger partial charge in [0.2, 0.25) is 5.91 Å². The molecule has 1 aliphatic rings. The highest BCUT2D eigenvalue weighted by atomic mass is 19.1. The zero-order valence-corrected chi connectivity index (χ0v) is 18.7. The summed E-state index contributed by atoms with van der Waals surface area (Å²) in [5.74, 6) is -0.880. The molecule has 0 saturated heterocycles. The lowest BCUT2D eigenvalue weighted by molar-refractivity contribution is -0.114. The summed E-state index contributed by atoms with van der Waals surface area (Å²) in [7, 11) is 0. The van der Waals surface area contributed by atoms with Gasteiger partial charge in [0, 0.05) is 19.2 Å². The number of pyridine rings is 1. The first kappa shape index (κ1) is 23.2. The van der Waals surface area contributed by atoms with Crippen LogP contribution in [0.25, 0.3) is 0 Å². The fraction of sp³-hybridized carbons (Fsp3) is 0.240. The van der Waals surface area contributed by atoms with Crippen molar-refractivity contribution in [2.24, 2.45) is 0 Å². The summed E-state index contributed by atoms with van der Waals surface area (Å²) in [5.41, 5.74) is 1.66. The van der Waals surface area contributed by atoms with E-state index in [0.717, 1.165) is 30.0 Å². The summed E-state index contributed by atoms with van der Waals surface area (Å²) in [6.45, 7) is 3.58. The quantitative estimate of drug-likeness (QED) is 0.423. The Morgan fingerprint density at radius 3 is 2.44 bits per heavy atom. The number of hydrogen-bond donors (Lipinski definition) is 3. The molecule has 3 aromatic rings. The van der Waals surface area contributed by atoms with E-state index in [0.29, 0.717) is 5.82 Å². The Labute approximate surface area is 195 Å². The number of hydrogen-bond acceptors (Lipinski definition) is 4. The van der Waals surface area contributed by atoms with Crippen molar-refractivity contribution in [3.05, 3.63) is 77.5 Å². The maximum Gasteiger partial charge on any atom is 0.323 e. The van der Waals surface area contributed by atoms with E-state index in [4.69, 9.17) is 4.74 Å². The van der Waals surface area contributed by atoms with E-state index in [2.05, 4.69) is 27.9 Å². The highest BCUT2D eigenvalue weighted by molar-refractivity contribution is 6.00. The van der Waals surface area contributed by atoms with Crippen LogP contribution in [0.3, 0.4) is 0 Å². The first-order valence-corrected chi connectivity index (χ1v) is 10.7. The second-order valence-electron chi connectivity index (χ2n) is 8.50. The largest absolute Gasteiger partial charge is 0.489 e. The summed E-state index contributed by atoms with van der Waals surface area (Å²) in [6.07, 6.45) is 3.56. The van der Waals surface area contributed by atoms with Gasteiger partial charge in [-0.05, 0) is 65.8 Å². The molecular formula is C25H24F2N4O3. The Morgan fingerprint density at radius 1 is 0.971 bits per heavy atom. The number of halogens is 2. The number of anilines is 3. The van der Waals surface area contributed by atoms with Crippen molar-refractivity contribution < 1.29 is 23.1 Å². The van der Waals surface area contributed by atoms with E-state index in [1.54, 1.807) is 24.3 Å². The number of nitrogens with zero attached hydrogens (tertiary/aromatic N) is 1. The monoisotopic (exact) mass is 466 g/mol. The van der Waals surface area contributed by atoms with Crippen LogP contribution in [0, 0.1) is 11.6 Å². The average Bonchev–Trinajstić information content (AvgIpc) is 3.54. The van der Waals surface area contributed by atoms with Gasteiger partial charge in [0.1, 0.15) is 29.8 Å². The third-order valence-electron chi connectivity index (χ3n) is 5.63. The van der Waals surface area contributed by atoms with Crippen molar-refractivity contribution in [1.82, 2.24) is 4.98 Å². The molecule has 0 bridgehead atoms. The molecule has 1 fully saturated rings. The molecule has 1 heterocycles. The second-order valence-corrected chi connectivity index (χ2v) is 8.50. The molecule has 4 rings (SSSR count). The lowest BCUT2D eigenvalue weighted by atomic mass is 9.98. The average molecular weight is 466 g/mol. The zero-order chi connectivity index (χ0) is 24.3. The van der Waals surface area contributed by atoms with Crippen molar-refractivity contribution in [3.8, 4) is 5.75 Å². The maximum absolute atomic E-state index is 14.5. The second kappa shape index (κ2) is 9.46. The fourth-order valence-corrected chi connectivity index (χ4v) is 3.41. The Hall–Kier alpha value is -4.01. The SMILES string of the molecule is CC(=O)Nc1cc(COc2ccc(NC(=O)Nc3cc(C4(C)CC4)ccc3F)c(F)c2)ccn1. The summed E-state index contributed by atoms with van der Waals surface area (Å²) in [4.78, 5) is 27.5. The van der Waals surface area contributed by atoms with Gasteiger partial charge in [-0.25, -0.2) is 18.6 Å². The molecule has 0 spiro atoms. The minimum absolute atomic E-state index is 0.0182. The molecule has 0 unspecified atom stereocenters. The van der Waals surface area contributed by atoms with Crippen LogP contribution < -0.4 is 20.7 Å². The Morgan fingerprint density at radius 2 is 1.74 bits per heavy atom. The predicted octanol–water partition coefficient (Wildman–Crippen LogP) is 5.59. The zero-order valence-electron chi connectivity index (χ0n) is 18.7. The van der Waals surface area contributed by atoms with Crippen LogP contribution >= 0.6 is 0 Å². The number of nitrogens with one attached hydrogen (secondary N) is 3. The molecule has 9 heteroatoms.